The summed E-state index contributed by atoms with van der Waals surface area (Å²) < 4.78 is 0. The molecule has 94 valence electrons. The zero-order chi connectivity index (χ0) is 12.1. The summed E-state index contributed by atoms with van der Waals surface area (Å²) in [5.41, 5.74) is 0. The molecule has 0 rings (SSSR count). The van der Waals surface area contributed by atoms with Crippen molar-refractivity contribution in [2.24, 2.45) is 11.8 Å². The van der Waals surface area contributed by atoms with E-state index in [9.17, 15) is 0 Å². The summed E-state index contributed by atoms with van der Waals surface area (Å²) in [4.78, 5) is 0. The van der Waals surface area contributed by atoms with Crippen molar-refractivity contribution in [1.29, 1.82) is 0 Å². The van der Waals surface area contributed by atoms with Crippen molar-refractivity contribution in [3.63, 3.8) is 0 Å². The fraction of sp³-hybridized carbons (Fsp3) is 1.00. The van der Waals surface area contributed by atoms with E-state index in [1.807, 2.05) is 0 Å². The summed E-state index contributed by atoms with van der Waals surface area (Å²) in [5, 5.41) is 0. The lowest BCUT2D eigenvalue weighted by atomic mass is 10.0. The standard InChI is InChI=1S/C8H18.C7H16/c1-3-5-7-8-6-4-2;1-6(2)5-7(3)4/h3-8H2,1-2H3;6-7H,5H2,1-4H3. The van der Waals surface area contributed by atoms with Crippen LogP contribution in [0.3, 0.4) is 0 Å². The van der Waals surface area contributed by atoms with Crippen LogP contribution in [-0.2, 0) is 0 Å². The average Bonchev–Trinajstić information content (AvgIpc) is 2.11. The average molecular weight is 214 g/mol. The first-order chi connectivity index (χ1) is 7.04. The Morgan fingerprint density at radius 3 is 1.07 bits per heavy atom. The smallest absolute Gasteiger partial charge is 0.0469 e. The highest BCUT2D eigenvalue weighted by atomic mass is 14.0. The predicted octanol–water partition coefficient (Wildman–Crippen LogP) is 6.06. The van der Waals surface area contributed by atoms with Gasteiger partial charge in [-0.05, 0) is 18.3 Å². The Morgan fingerprint density at radius 2 is 0.933 bits per heavy atom. The topological polar surface area (TPSA) is 0 Å². The van der Waals surface area contributed by atoms with Crippen molar-refractivity contribution >= 4 is 0 Å². The molecule has 0 amide bonds. The maximum absolute atomic E-state index is 2.26. The Labute approximate surface area is 98.9 Å². The van der Waals surface area contributed by atoms with Crippen LogP contribution in [0.2, 0.25) is 0 Å². The third-order valence-electron chi connectivity index (χ3n) is 2.40. The maximum atomic E-state index is 2.26. The predicted molar refractivity (Wildman–Crippen MR) is 73.3 cm³/mol. The molecule has 0 heterocycles. The zero-order valence-electron chi connectivity index (χ0n) is 12.1. The lowest BCUT2D eigenvalue weighted by Gasteiger charge is -2.05. The van der Waals surface area contributed by atoms with Crippen LogP contribution in [0.15, 0.2) is 0 Å². The molecule has 0 nitrogen and oxygen atoms in total. The molecule has 0 saturated heterocycles. The van der Waals surface area contributed by atoms with Gasteiger partial charge in [0.05, 0.1) is 0 Å². The second-order valence-electron chi connectivity index (χ2n) is 5.44. The van der Waals surface area contributed by atoms with Crippen LogP contribution >= 0.6 is 0 Å². The van der Waals surface area contributed by atoms with E-state index in [-0.39, 0.29) is 0 Å². The summed E-state index contributed by atoms with van der Waals surface area (Å²) in [6.45, 7) is 13.6. The monoisotopic (exact) mass is 214 g/mol. The molecule has 0 radical (unpaired) electrons. The first-order valence-electron chi connectivity index (χ1n) is 7.04. The lowest BCUT2D eigenvalue weighted by molar-refractivity contribution is 0.469. The van der Waals surface area contributed by atoms with Gasteiger partial charge in [0.25, 0.3) is 0 Å². The maximum Gasteiger partial charge on any atom is -0.0469 e. The minimum absolute atomic E-state index is 0.875. The quantitative estimate of drug-likeness (QED) is 0.452. The van der Waals surface area contributed by atoms with E-state index in [0.717, 1.165) is 11.8 Å². The molecular formula is C15H34. The van der Waals surface area contributed by atoms with E-state index >= 15 is 0 Å². The van der Waals surface area contributed by atoms with Crippen LogP contribution in [0.1, 0.15) is 86.5 Å². The van der Waals surface area contributed by atoms with E-state index in [2.05, 4.69) is 41.5 Å². The van der Waals surface area contributed by atoms with Crippen molar-refractivity contribution in [3.8, 4) is 0 Å². The van der Waals surface area contributed by atoms with Gasteiger partial charge in [-0.15, -0.1) is 0 Å². The van der Waals surface area contributed by atoms with Gasteiger partial charge in [0.15, 0.2) is 0 Å². The summed E-state index contributed by atoms with van der Waals surface area (Å²) in [6, 6.07) is 0. The minimum Gasteiger partial charge on any atom is -0.0654 e. The Balaban J connectivity index is 0. The molecule has 0 aliphatic rings. The molecule has 0 aliphatic carbocycles. The van der Waals surface area contributed by atoms with Crippen molar-refractivity contribution in [1.82, 2.24) is 0 Å². The molecule has 0 aromatic carbocycles. The van der Waals surface area contributed by atoms with Crippen molar-refractivity contribution in [2.75, 3.05) is 0 Å². The number of unbranched alkanes of at least 4 members (excludes halogenated alkanes) is 5. The van der Waals surface area contributed by atoms with Crippen LogP contribution in [0.25, 0.3) is 0 Å². The first kappa shape index (κ1) is 17.4. The van der Waals surface area contributed by atoms with Gasteiger partial charge in [-0.25, -0.2) is 0 Å². The highest BCUT2D eigenvalue weighted by Crippen LogP contribution is 2.08. The van der Waals surface area contributed by atoms with Gasteiger partial charge in [-0.3, -0.25) is 0 Å². The summed E-state index contributed by atoms with van der Waals surface area (Å²) in [6.07, 6.45) is 9.85. The van der Waals surface area contributed by atoms with Gasteiger partial charge >= 0.3 is 0 Å². The van der Waals surface area contributed by atoms with Crippen LogP contribution in [0, 0.1) is 11.8 Å². The molecule has 15 heavy (non-hydrogen) atoms. The first-order valence-corrected chi connectivity index (χ1v) is 7.04. The highest BCUT2D eigenvalue weighted by Gasteiger charge is 1.95. The lowest BCUT2D eigenvalue weighted by Crippen LogP contribution is -1.93. The third kappa shape index (κ3) is 24.9. The van der Waals surface area contributed by atoms with E-state index in [4.69, 9.17) is 0 Å². The minimum atomic E-state index is 0.875. The van der Waals surface area contributed by atoms with E-state index in [1.54, 1.807) is 0 Å². The highest BCUT2D eigenvalue weighted by molar-refractivity contribution is 4.47. The van der Waals surface area contributed by atoms with E-state index < -0.39 is 0 Å². The zero-order valence-corrected chi connectivity index (χ0v) is 12.1. The molecule has 0 aliphatic heterocycles. The molecule has 0 spiro atoms. The molecule has 0 fully saturated rings. The van der Waals surface area contributed by atoms with Crippen LogP contribution in [0.5, 0.6) is 0 Å². The summed E-state index contributed by atoms with van der Waals surface area (Å²) in [7, 11) is 0. The fourth-order valence-electron chi connectivity index (χ4n) is 1.80. The van der Waals surface area contributed by atoms with Gasteiger partial charge in [-0.1, -0.05) is 80.1 Å². The Hall–Kier alpha value is 0. The normalized spacial score (nSPS) is 10.4. The molecule has 0 N–H and O–H groups in total. The second-order valence-corrected chi connectivity index (χ2v) is 5.44. The van der Waals surface area contributed by atoms with Crippen LogP contribution in [-0.4, -0.2) is 0 Å². The SMILES string of the molecule is CC(C)CC(C)C.CCCCCCCC. The Kier molecular flexibility index (Phi) is 16.2. The Morgan fingerprint density at radius 1 is 0.600 bits per heavy atom. The van der Waals surface area contributed by atoms with Crippen molar-refractivity contribution in [3.05, 3.63) is 0 Å². The molecule has 0 aromatic heterocycles. The molecule has 0 bridgehead atoms. The summed E-state index contributed by atoms with van der Waals surface area (Å²) in [5.74, 6) is 1.75. The van der Waals surface area contributed by atoms with Crippen LogP contribution in [0.4, 0.5) is 0 Å². The molecule has 0 unspecified atom stereocenters. The van der Waals surface area contributed by atoms with E-state index in [0.29, 0.717) is 0 Å². The Bertz CT molecular complexity index is 80.2. The molecule has 0 heteroatoms. The van der Waals surface area contributed by atoms with E-state index in [1.165, 1.54) is 44.9 Å². The van der Waals surface area contributed by atoms with Crippen molar-refractivity contribution in [2.45, 2.75) is 86.5 Å². The fourth-order valence-corrected chi connectivity index (χ4v) is 1.80. The van der Waals surface area contributed by atoms with Crippen molar-refractivity contribution < 1.29 is 0 Å². The molecule has 0 saturated carbocycles. The van der Waals surface area contributed by atoms with Crippen LogP contribution < -0.4 is 0 Å². The number of hydrogen-bond donors (Lipinski definition) is 0. The molecule has 0 atom stereocenters. The van der Waals surface area contributed by atoms with Gasteiger partial charge in [-0.2, -0.15) is 0 Å². The number of hydrogen-bond acceptors (Lipinski definition) is 0. The van der Waals surface area contributed by atoms with Gasteiger partial charge < -0.3 is 0 Å². The van der Waals surface area contributed by atoms with Gasteiger partial charge in [0, 0.05) is 0 Å². The third-order valence-corrected chi connectivity index (χ3v) is 2.40. The number of rotatable bonds is 7. The van der Waals surface area contributed by atoms with Gasteiger partial charge in [0.2, 0.25) is 0 Å². The molecular weight excluding hydrogens is 180 g/mol. The molecule has 0 aromatic rings. The largest absolute Gasteiger partial charge is 0.0654 e. The second kappa shape index (κ2) is 14.0. The van der Waals surface area contributed by atoms with Gasteiger partial charge in [0.1, 0.15) is 0 Å². The summed E-state index contributed by atoms with van der Waals surface area (Å²) >= 11 is 0.